The van der Waals surface area contributed by atoms with Gasteiger partial charge in [-0.1, -0.05) is 37.3 Å². The highest BCUT2D eigenvalue weighted by molar-refractivity contribution is 5.92. The Labute approximate surface area is 147 Å². The number of benzene rings is 1. The number of pyridine rings is 1. The fourth-order valence-corrected chi connectivity index (χ4v) is 3.00. The molecule has 0 unspecified atom stereocenters. The number of hydrogen-bond donors (Lipinski definition) is 1. The van der Waals surface area contributed by atoms with Crippen LogP contribution in [-0.4, -0.2) is 32.5 Å². The van der Waals surface area contributed by atoms with Crippen LogP contribution in [0, 0.1) is 0 Å². The van der Waals surface area contributed by atoms with Gasteiger partial charge >= 0.3 is 0 Å². The first-order valence-corrected chi connectivity index (χ1v) is 8.53. The first-order valence-electron chi connectivity index (χ1n) is 8.53. The van der Waals surface area contributed by atoms with E-state index >= 15 is 0 Å². The molecule has 1 amide bonds. The highest BCUT2D eigenvalue weighted by Gasteiger charge is 2.27. The zero-order valence-electron chi connectivity index (χ0n) is 14.5. The van der Waals surface area contributed by atoms with E-state index in [1.54, 1.807) is 18.5 Å². The fraction of sp³-hybridized carbons (Fsp3) is 0.250. The molecule has 0 radical (unpaired) electrons. The van der Waals surface area contributed by atoms with Crippen LogP contribution >= 0.6 is 0 Å². The van der Waals surface area contributed by atoms with Crippen molar-refractivity contribution in [2.75, 3.05) is 6.54 Å². The number of rotatable bonds is 6. The molecule has 0 aliphatic heterocycles. The van der Waals surface area contributed by atoms with Crippen LogP contribution in [-0.2, 0) is 6.42 Å². The highest BCUT2D eigenvalue weighted by Crippen LogP contribution is 2.29. The number of aromatic amines is 1. The summed E-state index contributed by atoms with van der Waals surface area (Å²) in [6.07, 6.45) is 6.15. The molecular weight excluding hydrogens is 312 g/mol. The van der Waals surface area contributed by atoms with E-state index in [1.165, 1.54) is 5.56 Å². The number of aromatic nitrogens is 3. The van der Waals surface area contributed by atoms with Gasteiger partial charge in [0.2, 0.25) is 0 Å². The monoisotopic (exact) mass is 334 g/mol. The van der Waals surface area contributed by atoms with Crippen LogP contribution in [0.15, 0.2) is 61.1 Å². The number of nitrogens with one attached hydrogen (secondary N) is 1. The molecule has 5 nitrogen and oxygen atoms in total. The summed E-state index contributed by atoms with van der Waals surface area (Å²) in [7, 11) is 0. The fourth-order valence-electron chi connectivity index (χ4n) is 3.00. The third-order valence-corrected chi connectivity index (χ3v) is 4.35. The number of nitrogens with zero attached hydrogens (tertiary/aromatic N) is 3. The molecule has 0 aliphatic carbocycles. The maximum atomic E-state index is 13.0. The summed E-state index contributed by atoms with van der Waals surface area (Å²) in [6, 6.07) is 13.8. The van der Waals surface area contributed by atoms with Crippen LogP contribution in [0.3, 0.4) is 0 Å². The molecular formula is C20H22N4O. The standard InChI is InChI=1S/C20H22N4O/c1-3-15-7-9-16(10-8-15)19(17-6-5-12-21-14-17)24(4-2)20(25)18-11-13-22-23-18/h5-14,19H,3-4H2,1-2H3,(H,22,23)/t19-/m0/s1. The van der Waals surface area contributed by atoms with Crippen molar-refractivity contribution in [3.8, 4) is 0 Å². The third-order valence-electron chi connectivity index (χ3n) is 4.35. The summed E-state index contributed by atoms with van der Waals surface area (Å²) < 4.78 is 0. The Hall–Kier alpha value is -2.95. The molecule has 1 atom stereocenters. The van der Waals surface area contributed by atoms with E-state index in [1.807, 2.05) is 30.2 Å². The summed E-state index contributed by atoms with van der Waals surface area (Å²) >= 11 is 0. The van der Waals surface area contributed by atoms with Gasteiger partial charge in [-0.2, -0.15) is 5.10 Å². The van der Waals surface area contributed by atoms with Gasteiger partial charge in [0.15, 0.2) is 0 Å². The maximum absolute atomic E-state index is 13.0. The van der Waals surface area contributed by atoms with Gasteiger partial charge in [-0.3, -0.25) is 14.9 Å². The second-order valence-electron chi connectivity index (χ2n) is 5.85. The first kappa shape index (κ1) is 16.9. The van der Waals surface area contributed by atoms with E-state index in [0.717, 1.165) is 17.5 Å². The molecule has 3 aromatic rings. The Morgan fingerprint density at radius 2 is 1.88 bits per heavy atom. The lowest BCUT2D eigenvalue weighted by atomic mass is 9.96. The largest absolute Gasteiger partial charge is 0.326 e. The zero-order valence-corrected chi connectivity index (χ0v) is 14.5. The van der Waals surface area contributed by atoms with Crippen molar-refractivity contribution in [2.24, 2.45) is 0 Å². The average Bonchev–Trinajstić information content (AvgIpc) is 3.21. The van der Waals surface area contributed by atoms with E-state index in [-0.39, 0.29) is 11.9 Å². The van der Waals surface area contributed by atoms with Crippen LogP contribution in [0.2, 0.25) is 0 Å². The summed E-state index contributed by atoms with van der Waals surface area (Å²) in [5.41, 5.74) is 3.82. The van der Waals surface area contributed by atoms with E-state index < -0.39 is 0 Å². The number of H-pyrrole nitrogens is 1. The lowest BCUT2D eigenvalue weighted by molar-refractivity contribution is 0.0711. The Balaban J connectivity index is 2.04. The van der Waals surface area contributed by atoms with Gasteiger partial charge in [-0.05, 0) is 42.2 Å². The predicted molar refractivity (Wildman–Crippen MR) is 97.2 cm³/mol. The van der Waals surface area contributed by atoms with Crippen molar-refractivity contribution >= 4 is 5.91 Å². The Bertz CT molecular complexity index is 797. The molecule has 128 valence electrons. The number of carbonyl (C=O) groups excluding carboxylic acids is 1. The van der Waals surface area contributed by atoms with Crippen molar-refractivity contribution in [3.05, 3.63) is 83.4 Å². The Morgan fingerprint density at radius 3 is 2.44 bits per heavy atom. The van der Waals surface area contributed by atoms with E-state index in [2.05, 4.69) is 46.4 Å². The molecule has 2 aromatic heterocycles. The first-order chi connectivity index (χ1) is 12.2. The lowest BCUT2D eigenvalue weighted by Gasteiger charge is -2.31. The summed E-state index contributed by atoms with van der Waals surface area (Å²) in [6.45, 7) is 4.69. The minimum absolute atomic E-state index is 0.0755. The number of hydrogen-bond acceptors (Lipinski definition) is 3. The summed E-state index contributed by atoms with van der Waals surface area (Å²) in [5, 5.41) is 6.67. The predicted octanol–water partition coefficient (Wildman–Crippen LogP) is 3.62. The van der Waals surface area contributed by atoms with E-state index in [9.17, 15) is 4.79 Å². The van der Waals surface area contributed by atoms with E-state index in [0.29, 0.717) is 12.2 Å². The Kier molecular flexibility index (Phi) is 5.23. The van der Waals surface area contributed by atoms with Gasteiger partial charge in [0.25, 0.3) is 5.91 Å². The van der Waals surface area contributed by atoms with Crippen molar-refractivity contribution in [1.82, 2.24) is 20.1 Å². The highest BCUT2D eigenvalue weighted by atomic mass is 16.2. The SMILES string of the molecule is CCc1ccc([C@@H](c2cccnc2)N(CC)C(=O)c2ccn[nH]2)cc1. The average molecular weight is 334 g/mol. The number of aryl methyl sites for hydroxylation is 1. The lowest BCUT2D eigenvalue weighted by Crippen LogP contribution is -2.35. The van der Waals surface area contributed by atoms with Crippen LogP contribution < -0.4 is 0 Å². The summed E-state index contributed by atoms with van der Waals surface area (Å²) in [4.78, 5) is 19.1. The minimum Gasteiger partial charge on any atom is -0.326 e. The van der Waals surface area contributed by atoms with Crippen LogP contribution in [0.25, 0.3) is 0 Å². The van der Waals surface area contributed by atoms with Gasteiger partial charge < -0.3 is 4.90 Å². The number of carbonyl (C=O) groups is 1. The molecule has 0 saturated carbocycles. The molecule has 3 rings (SSSR count). The quantitative estimate of drug-likeness (QED) is 0.749. The van der Waals surface area contributed by atoms with Crippen LogP contribution in [0.1, 0.15) is 47.1 Å². The van der Waals surface area contributed by atoms with Crippen molar-refractivity contribution < 1.29 is 4.79 Å². The van der Waals surface area contributed by atoms with E-state index in [4.69, 9.17) is 0 Å². The molecule has 0 bridgehead atoms. The molecule has 5 heteroatoms. The normalized spacial score (nSPS) is 11.9. The zero-order chi connectivity index (χ0) is 17.6. The topological polar surface area (TPSA) is 61.9 Å². The molecule has 1 N–H and O–H groups in total. The maximum Gasteiger partial charge on any atom is 0.272 e. The van der Waals surface area contributed by atoms with Crippen LogP contribution in [0.5, 0.6) is 0 Å². The molecule has 25 heavy (non-hydrogen) atoms. The molecule has 0 saturated heterocycles. The van der Waals surface area contributed by atoms with Gasteiger partial charge in [0, 0.05) is 25.1 Å². The van der Waals surface area contributed by atoms with Gasteiger partial charge in [0.05, 0.1) is 6.04 Å². The molecule has 0 aliphatic rings. The second-order valence-corrected chi connectivity index (χ2v) is 5.85. The second kappa shape index (κ2) is 7.75. The molecule has 1 aromatic carbocycles. The van der Waals surface area contributed by atoms with Crippen LogP contribution in [0.4, 0.5) is 0 Å². The van der Waals surface area contributed by atoms with Crippen molar-refractivity contribution in [3.63, 3.8) is 0 Å². The molecule has 0 spiro atoms. The smallest absolute Gasteiger partial charge is 0.272 e. The summed E-state index contributed by atoms with van der Waals surface area (Å²) in [5.74, 6) is -0.0755. The minimum atomic E-state index is -0.194. The van der Waals surface area contributed by atoms with Crippen molar-refractivity contribution in [2.45, 2.75) is 26.3 Å². The Morgan fingerprint density at radius 1 is 1.08 bits per heavy atom. The molecule has 0 fully saturated rings. The van der Waals surface area contributed by atoms with Gasteiger partial charge in [0.1, 0.15) is 5.69 Å². The van der Waals surface area contributed by atoms with Crippen molar-refractivity contribution in [1.29, 1.82) is 0 Å². The third kappa shape index (κ3) is 3.60. The van der Waals surface area contributed by atoms with Gasteiger partial charge in [-0.15, -0.1) is 0 Å². The van der Waals surface area contributed by atoms with Gasteiger partial charge in [-0.25, -0.2) is 0 Å². The molecule has 2 heterocycles. The number of amides is 1.